The zero-order valence-electron chi connectivity index (χ0n) is 16.3. The molecule has 0 atom stereocenters. The summed E-state index contributed by atoms with van der Waals surface area (Å²) in [5.41, 5.74) is 10.1. The van der Waals surface area contributed by atoms with Crippen LogP contribution < -0.4 is 16.7 Å². The molecule has 148 valence electrons. The fourth-order valence-corrected chi connectivity index (χ4v) is 3.38. The Kier molecular flexibility index (Phi) is 4.82. The lowest BCUT2D eigenvalue weighted by Gasteiger charge is -2.09. The molecule has 30 heavy (non-hydrogen) atoms. The first-order valence-electron chi connectivity index (χ1n) is 9.32. The van der Waals surface area contributed by atoms with Crippen LogP contribution in [0, 0.1) is 11.3 Å². The number of carbonyl (C=O) groups is 1. The van der Waals surface area contributed by atoms with Gasteiger partial charge in [-0.2, -0.15) is 5.26 Å². The van der Waals surface area contributed by atoms with Gasteiger partial charge in [-0.25, -0.2) is 4.79 Å². The van der Waals surface area contributed by atoms with Crippen LogP contribution in [0.25, 0.3) is 11.0 Å². The Morgan fingerprint density at radius 1 is 1.07 bits per heavy atom. The van der Waals surface area contributed by atoms with Crippen molar-refractivity contribution in [1.29, 1.82) is 5.26 Å². The third kappa shape index (κ3) is 3.42. The Hall–Kier alpha value is -4.31. The Morgan fingerprint density at radius 3 is 2.50 bits per heavy atom. The normalized spacial score (nSPS) is 10.7. The number of para-hydroxylation sites is 2. The molecule has 0 spiro atoms. The first kappa shape index (κ1) is 19.0. The van der Waals surface area contributed by atoms with E-state index in [1.165, 1.54) is 4.57 Å². The summed E-state index contributed by atoms with van der Waals surface area (Å²) in [7, 11) is 1.69. The fraction of sp³-hybridized carbons (Fsp3) is 0.0870. The number of fused-ring (bicyclic) bond motifs is 1. The number of nitrogens with one attached hydrogen (secondary N) is 1. The molecule has 1 aromatic heterocycles. The second-order valence-electron chi connectivity index (χ2n) is 6.98. The van der Waals surface area contributed by atoms with Gasteiger partial charge in [0.2, 0.25) is 0 Å². The average Bonchev–Trinajstić information content (AvgIpc) is 3.00. The highest BCUT2D eigenvalue weighted by Crippen LogP contribution is 2.19. The van der Waals surface area contributed by atoms with Gasteiger partial charge in [0.25, 0.3) is 5.91 Å². The molecule has 0 saturated heterocycles. The molecule has 0 aliphatic rings. The average molecular weight is 397 g/mol. The van der Waals surface area contributed by atoms with E-state index in [1.54, 1.807) is 66.2 Å². The Balaban J connectivity index is 1.58. The number of nitrogens with two attached hydrogens (primary N) is 1. The molecule has 7 nitrogen and oxygen atoms in total. The number of hydrogen-bond acceptors (Lipinski definition) is 4. The zero-order valence-corrected chi connectivity index (χ0v) is 16.3. The molecular formula is C23H19N5O2. The van der Waals surface area contributed by atoms with Gasteiger partial charge in [0.05, 0.1) is 40.6 Å². The van der Waals surface area contributed by atoms with Gasteiger partial charge in [-0.1, -0.05) is 24.3 Å². The maximum atomic E-state index is 12.7. The molecule has 3 aromatic carbocycles. The topological polar surface area (TPSA) is 106 Å². The second-order valence-corrected chi connectivity index (χ2v) is 6.98. The van der Waals surface area contributed by atoms with Crippen LogP contribution in [0.5, 0.6) is 0 Å². The van der Waals surface area contributed by atoms with Crippen molar-refractivity contribution < 1.29 is 4.79 Å². The lowest BCUT2D eigenvalue weighted by molar-refractivity contribution is 0.102. The van der Waals surface area contributed by atoms with Gasteiger partial charge in [0.1, 0.15) is 0 Å². The second kappa shape index (κ2) is 7.60. The van der Waals surface area contributed by atoms with Gasteiger partial charge in [-0.15, -0.1) is 0 Å². The van der Waals surface area contributed by atoms with Crippen molar-refractivity contribution in [1.82, 2.24) is 9.13 Å². The van der Waals surface area contributed by atoms with E-state index in [4.69, 9.17) is 11.0 Å². The van der Waals surface area contributed by atoms with Crippen LogP contribution in [0.4, 0.5) is 11.4 Å². The number of aryl methyl sites for hydroxylation is 1. The molecule has 0 radical (unpaired) electrons. The van der Waals surface area contributed by atoms with E-state index < -0.39 is 0 Å². The predicted molar refractivity (Wildman–Crippen MR) is 116 cm³/mol. The smallest absolute Gasteiger partial charge is 0.329 e. The van der Waals surface area contributed by atoms with Crippen LogP contribution in [0.1, 0.15) is 21.5 Å². The van der Waals surface area contributed by atoms with Crippen LogP contribution in [-0.4, -0.2) is 15.0 Å². The van der Waals surface area contributed by atoms with Gasteiger partial charge >= 0.3 is 5.69 Å². The van der Waals surface area contributed by atoms with Crippen LogP contribution in [-0.2, 0) is 13.6 Å². The summed E-state index contributed by atoms with van der Waals surface area (Å²) >= 11 is 0. The monoisotopic (exact) mass is 397 g/mol. The highest BCUT2D eigenvalue weighted by Gasteiger charge is 2.13. The van der Waals surface area contributed by atoms with Gasteiger partial charge in [-0.05, 0) is 48.0 Å². The number of anilines is 2. The SMILES string of the molecule is Cn1c(=O)n(Cc2ccc(C(=O)Nc3ccccc3N)cc2)c2ccc(C#N)cc21. The number of amides is 1. The van der Waals surface area contributed by atoms with Crippen LogP contribution >= 0.6 is 0 Å². The number of carbonyl (C=O) groups excluding carboxylic acids is 1. The summed E-state index contributed by atoms with van der Waals surface area (Å²) in [6, 6.07) is 21.4. The van der Waals surface area contributed by atoms with Gasteiger partial charge in [-0.3, -0.25) is 13.9 Å². The molecule has 1 amide bonds. The van der Waals surface area contributed by atoms with Crippen molar-refractivity contribution in [3.8, 4) is 6.07 Å². The summed E-state index contributed by atoms with van der Waals surface area (Å²) in [6.07, 6.45) is 0. The number of benzene rings is 3. The minimum absolute atomic E-state index is 0.165. The van der Waals surface area contributed by atoms with Crippen molar-refractivity contribution in [3.63, 3.8) is 0 Å². The quantitative estimate of drug-likeness (QED) is 0.516. The largest absolute Gasteiger partial charge is 0.397 e. The van der Waals surface area contributed by atoms with E-state index >= 15 is 0 Å². The maximum Gasteiger partial charge on any atom is 0.329 e. The molecule has 0 saturated carbocycles. The molecule has 0 bridgehead atoms. The number of nitriles is 1. The summed E-state index contributed by atoms with van der Waals surface area (Å²) < 4.78 is 3.18. The molecule has 1 heterocycles. The fourth-order valence-electron chi connectivity index (χ4n) is 3.38. The van der Waals surface area contributed by atoms with E-state index in [-0.39, 0.29) is 11.6 Å². The zero-order chi connectivity index (χ0) is 21.3. The number of rotatable bonds is 4. The Morgan fingerprint density at radius 2 is 1.80 bits per heavy atom. The minimum atomic E-state index is -0.259. The summed E-state index contributed by atoms with van der Waals surface area (Å²) in [4.78, 5) is 25.1. The summed E-state index contributed by atoms with van der Waals surface area (Å²) in [5.74, 6) is -0.259. The van der Waals surface area contributed by atoms with E-state index in [1.807, 2.05) is 12.1 Å². The van der Waals surface area contributed by atoms with E-state index in [9.17, 15) is 9.59 Å². The molecule has 7 heteroatoms. The van der Waals surface area contributed by atoms with E-state index in [2.05, 4.69) is 11.4 Å². The number of hydrogen-bond donors (Lipinski definition) is 2. The highest BCUT2D eigenvalue weighted by molar-refractivity contribution is 6.05. The number of nitrogens with zero attached hydrogens (tertiary/aromatic N) is 3. The van der Waals surface area contributed by atoms with E-state index in [0.717, 1.165) is 11.1 Å². The molecule has 0 aliphatic heterocycles. The molecule has 0 fully saturated rings. The van der Waals surface area contributed by atoms with Gasteiger partial charge in [0.15, 0.2) is 0 Å². The molecule has 0 unspecified atom stereocenters. The van der Waals surface area contributed by atoms with Crippen LogP contribution in [0.15, 0.2) is 71.5 Å². The minimum Gasteiger partial charge on any atom is -0.397 e. The molecule has 4 aromatic rings. The Labute approximate surface area is 172 Å². The number of imidazole rings is 1. The predicted octanol–water partition coefficient (Wildman–Crippen LogP) is 3.09. The number of nitrogen functional groups attached to an aromatic ring is 1. The van der Waals surface area contributed by atoms with Crippen molar-refractivity contribution in [2.24, 2.45) is 7.05 Å². The lowest BCUT2D eigenvalue weighted by atomic mass is 10.1. The summed E-state index contributed by atoms with van der Waals surface area (Å²) in [5, 5.41) is 11.9. The van der Waals surface area contributed by atoms with Crippen molar-refractivity contribution in [2.45, 2.75) is 6.54 Å². The van der Waals surface area contributed by atoms with E-state index in [0.29, 0.717) is 34.6 Å². The molecule has 4 rings (SSSR count). The van der Waals surface area contributed by atoms with Gasteiger partial charge < -0.3 is 11.1 Å². The molecule has 3 N–H and O–H groups in total. The standard InChI is InChI=1S/C23H19N5O2/c1-27-21-12-16(13-24)8-11-20(21)28(23(27)30)14-15-6-9-17(10-7-15)22(29)26-19-5-3-2-4-18(19)25/h2-12H,14,25H2,1H3,(H,26,29). The van der Waals surface area contributed by atoms with Crippen molar-refractivity contribution in [3.05, 3.63) is 93.9 Å². The first-order valence-corrected chi connectivity index (χ1v) is 9.32. The third-order valence-electron chi connectivity index (χ3n) is 5.04. The van der Waals surface area contributed by atoms with Gasteiger partial charge in [0, 0.05) is 12.6 Å². The Bertz CT molecular complexity index is 1360. The molecular weight excluding hydrogens is 378 g/mol. The summed E-state index contributed by atoms with van der Waals surface area (Å²) in [6.45, 7) is 0.357. The van der Waals surface area contributed by atoms with Crippen LogP contribution in [0.3, 0.4) is 0 Å². The number of aromatic nitrogens is 2. The van der Waals surface area contributed by atoms with Crippen LogP contribution in [0.2, 0.25) is 0 Å². The maximum absolute atomic E-state index is 12.7. The highest BCUT2D eigenvalue weighted by atomic mass is 16.2. The third-order valence-corrected chi connectivity index (χ3v) is 5.04. The van der Waals surface area contributed by atoms with Crippen molar-refractivity contribution >= 4 is 28.3 Å². The molecule has 0 aliphatic carbocycles. The van der Waals surface area contributed by atoms with Crippen molar-refractivity contribution in [2.75, 3.05) is 11.1 Å². The lowest BCUT2D eigenvalue weighted by Crippen LogP contribution is -2.22. The first-order chi connectivity index (χ1) is 14.5.